The number of aliphatic imine (C=N–C) groups is 1. The van der Waals surface area contributed by atoms with E-state index in [1.54, 1.807) is 20.4 Å². The molecule has 0 unspecified atom stereocenters. The van der Waals surface area contributed by atoms with Crippen molar-refractivity contribution in [1.29, 1.82) is 0 Å². The molecule has 2 rings (SSSR count). The SMILES string of the molecule is COc1cc(C=Nc2ccc(C)cc2)cc(OC)c1. The van der Waals surface area contributed by atoms with Gasteiger partial charge in [-0.1, -0.05) is 17.7 Å². The van der Waals surface area contributed by atoms with Crippen molar-refractivity contribution >= 4 is 11.9 Å². The maximum atomic E-state index is 5.22. The molecular weight excluding hydrogens is 238 g/mol. The van der Waals surface area contributed by atoms with Crippen LogP contribution in [0.2, 0.25) is 0 Å². The number of nitrogens with zero attached hydrogens (tertiary/aromatic N) is 1. The van der Waals surface area contributed by atoms with Crippen LogP contribution in [0.15, 0.2) is 47.5 Å². The molecule has 3 nitrogen and oxygen atoms in total. The summed E-state index contributed by atoms with van der Waals surface area (Å²) in [5.41, 5.74) is 3.09. The van der Waals surface area contributed by atoms with E-state index in [2.05, 4.69) is 11.9 Å². The molecule has 0 aromatic heterocycles. The predicted molar refractivity (Wildman–Crippen MR) is 78.0 cm³/mol. The van der Waals surface area contributed by atoms with Gasteiger partial charge in [-0.2, -0.15) is 0 Å². The molecule has 0 N–H and O–H groups in total. The Bertz CT molecular complexity index is 552. The normalized spacial score (nSPS) is 10.7. The fraction of sp³-hybridized carbons (Fsp3) is 0.188. The number of ether oxygens (including phenoxy) is 2. The van der Waals surface area contributed by atoms with E-state index in [4.69, 9.17) is 9.47 Å². The van der Waals surface area contributed by atoms with E-state index < -0.39 is 0 Å². The minimum Gasteiger partial charge on any atom is -0.497 e. The van der Waals surface area contributed by atoms with Crippen LogP contribution in [0.1, 0.15) is 11.1 Å². The molecule has 0 atom stereocenters. The Morgan fingerprint density at radius 3 is 2.00 bits per heavy atom. The average molecular weight is 255 g/mol. The van der Waals surface area contributed by atoms with Crippen LogP contribution >= 0.6 is 0 Å². The van der Waals surface area contributed by atoms with Gasteiger partial charge in [0.15, 0.2) is 0 Å². The summed E-state index contributed by atoms with van der Waals surface area (Å²) in [6, 6.07) is 13.7. The molecule has 0 bridgehead atoms. The van der Waals surface area contributed by atoms with Crippen molar-refractivity contribution in [2.45, 2.75) is 6.92 Å². The lowest BCUT2D eigenvalue weighted by Gasteiger charge is -2.05. The van der Waals surface area contributed by atoms with Crippen LogP contribution in [0, 0.1) is 6.92 Å². The lowest BCUT2D eigenvalue weighted by atomic mass is 10.2. The summed E-state index contributed by atoms with van der Waals surface area (Å²) in [5.74, 6) is 1.51. The molecule has 98 valence electrons. The van der Waals surface area contributed by atoms with Crippen molar-refractivity contribution in [3.63, 3.8) is 0 Å². The highest BCUT2D eigenvalue weighted by Gasteiger charge is 1.99. The third kappa shape index (κ3) is 3.58. The van der Waals surface area contributed by atoms with Gasteiger partial charge in [0, 0.05) is 17.8 Å². The molecule has 0 heterocycles. The molecule has 0 radical (unpaired) electrons. The first-order chi connectivity index (χ1) is 9.21. The van der Waals surface area contributed by atoms with E-state index in [-0.39, 0.29) is 0 Å². The van der Waals surface area contributed by atoms with Crippen LogP contribution in [-0.2, 0) is 0 Å². The Morgan fingerprint density at radius 1 is 0.895 bits per heavy atom. The molecule has 2 aromatic rings. The fourth-order valence-electron chi connectivity index (χ4n) is 1.68. The van der Waals surface area contributed by atoms with Crippen LogP contribution in [0.3, 0.4) is 0 Å². The van der Waals surface area contributed by atoms with Gasteiger partial charge < -0.3 is 9.47 Å². The zero-order valence-corrected chi connectivity index (χ0v) is 11.4. The monoisotopic (exact) mass is 255 g/mol. The topological polar surface area (TPSA) is 30.8 Å². The van der Waals surface area contributed by atoms with Crippen LogP contribution < -0.4 is 9.47 Å². The summed E-state index contributed by atoms with van der Waals surface area (Å²) >= 11 is 0. The molecule has 0 aliphatic rings. The van der Waals surface area contributed by atoms with Crippen LogP contribution in [0.25, 0.3) is 0 Å². The summed E-state index contributed by atoms with van der Waals surface area (Å²) in [5, 5.41) is 0. The maximum Gasteiger partial charge on any atom is 0.123 e. The van der Waals surface area contributed by atoms with Crippen molar-refractivity contribution in [3.8, 4) is 11.5 Å². The molecular formula is C16H17NO2. The lowest BCUT2D eigenvalue weighted by Crippen LogP contribution is -1.90. The van der Waals surface area contributed by atoms with Crippen LogP contribution in [0.4, 0.5) is 5.69 Å². The van der Waals surface area contributed by atoms with E-state index in [0.717, 1.165) is 22.7 Å². The molecule has 19 heavy (non-hydrogen) atoms. The van der Waals surface area contributed by atoms with E-state index in [9.17, 15) is 0 Å². The van der Waals surface area contributed by atoms with E-state index in [1.807, 2.05) is 42.5 Å². The highest BCUT2D eigenvalue weighted by atomic mass is 16.5. The molecule has 0 fully saturated rings. The Labute approximate surface area is 113 Å². The van der Waals surface area contributed by atoms with Crippen molar-refractivity contribution in [2.24, 2.45) is 4.99 Å². The van der Waals surface area contributed by atoms with Gasteiger partial charge in [-0.15, -0.1) is 0 Å². The summed E-state index contributed by atoms with van der Waals surface area (Å²) in [6.07, 6.45) is 1.80. The largest absolute Gasteiger partial charge is 0.497 e. The average Bonchev–Trinajstić information content (AvgIpc) is 2.46. The predicted octanol–water partition coefficient (Wildman–Crippen LogP) is 3.76. The summed E-state index contributed by atoms with van der Waals surface area (Å²) in [4.78, 5) is 4.43. The van der Waals surface area contributed by atoms with Gasteiger partial charge in [0.1, 0.15) is 11.5 Å². The zero-order chi connectivity index (χ0) is 13.7. The second-order valence-corrected chi connectivity index (χ2v) is 4.24. The summed E-state index contributed by atoms with van der Waals surface area (Å²) in [6.45, 7) is 2.06. The molecule has 0 amide bonds. The number of methoxy groups -OCH3 is 2. The third-order valence-corrected chi connectivity index (χ3v) is 2.77. The van der Waals surface area contributed by atoms with Gasteiger partial charge >= 0.3 is 0 Å². The zero-order valence-electron chi connectivity index (χ0n) is 11.4. The Balaban J connectivity index is 2.24. The lowest BCUT2D eigenvalue weighted by molar-refractivity contribution is 0.394. The van der Waals surface area contributed by atoms with Crippen molar-refractivity contribution in [2.75, 3.05) is 14.2 Å². The van der Waals surface area contributed by atoms with Gasteiger partial charge in [0.2, 0.25) is 0 Å². The number of benzene rings is 2. The molecule has 0 spiro atoms. The van der Waals surface area contributed by atoms with Gasteiger partial charge in [0.05, 0.1) is 19.9 Å². The molecule has 2 aromatic carbocycles. The van der Waals surface area contributed by atoms with Gasteiger partial charge in [0.25, 0.3) is 0 Å². The smallest absolute Gasteiger partial charge is 0.123 e. The second kappa shape index (κ2) is 6.05. The number of aryl methyl sites for hydroxylation is 1. The minimum atomic E-state index is 0.754. The standard InChI is InChI=1S/C16H17NO2/c1-12-4-6-14(7-5-12)17-11-13-8-15(18-2)10-16(9-13)19-3/h4-11H,1-3H3. The molecule has 0 saturated carbocycles. The van der Waals surface area contributed by atoms with Crippen molar-refractivity contribution < 1.29 is 9.47 Å². The molecule has 0 aliphatic heterocycles. The minimum absolute atomic E-state index is 0.754. The Kier molecular flexibility index (Phi) is 4.18. The maximum absolute atomic E-state index is 5.22. The van der Waals surface area contributed by atoms with Crippen molar-refractivity contribution in [1.82, 2.24) is 0 Å². The molecule has 0 aliphatic carbocycles. The van der Waals surface area contributed by atoms with Crippen LogP contribution in [-0.4, -0.2) is 20.4 Å². The van der Waals surface area contributed by atoms with E-state index in [0.29, 0.717) is 0 Å². The Hall–Kier alpha value is -2.29. The Morgan fingerprint density at radius 2 is 1.47 bits per heavy atom. The van der Waals surface area contributed by atoms with Gasteiger partial charge in [-0.25, -0.2) is 0 Å². The highest BCUT2D eigenvalue weighted by Crippen LogP contribution is 2.22. The first-order valence-corrected chi connectivity index (χ1v) is 6.05. The first kappa shape index (κ1) is 13.1. The quantitative estimate of drug-likeness (QED) is 0.779. The van der Waals surface area contributed by atoms with E-state index in [1.165, 1.54) is 5.56 Å². The fourth-order valence-corrected chi connectivity index (χ4v) is 1.68. The van der Waals surface area contributed by atoms with Gasteiger partial charge in [-0.3, -0.25) is 4.99 Å². The molecule has 3 heteroatoms. The van der Waals surface area contributed by atoms with Crippen LogP contribution in [0.5, 0.6) is 11.5 Å². The first-order valence-electron chi connectivity index (χ1n) is 6.05. The molecule has 0 saturated heterocycles. The van der Waals surface area contributed by atoms with E-state index >= 15 is 0 Å². The summed E-state index contributed by atoms with van der Waals surface area (Å²) < 4.78 is 10.4. The number of rotatable bonds is 4. The second-order valence-electron chi connectivity index (χ2n) is 4.24. The van der Waals surface area contributed by atoms with Gasteiger partial charge in [-0.05, 0) is 31.2 Å². The summed E-state index contributed by atoms with van der Waals surface area (Å²) in [7, 11) is 3.27. The number of hydrogen-bond donors (Lipinski definition) is 0. The highest BCUT2D eigenvalue weighted by molar-refractivity contribution is 5.83. The number of hydrogen-bond acceptors (Lipinski definition) is 3. The van der Waals surface area contributed by atoms with Crippen molar-refractivity contribution in [3.05, 3.63) is 53.6 Å². The third-order valence-electron chi connectivity index (χ3n) is 2.77.